The number of nitrogens with zero attached hydrogens (tertiary/aromatic N) is 3. The molecule has 2 aromatic rings. The Morgan fingerprint density at radius 3 is 2.47 bits per heavy atom. The first kappa shape index (κ1) is 23.9. The van der Waals surface area contributed by atoms with E-state index in [1.165, 1.54) is 6.92 Å². The number of rotatable bonds is 10. The summed E-state index contributed by atoms with van der Waals surface area (Å²) in [5.74, 6) is -0.112. The molecule has 1 aliphatic rings. The van der Waals surface area contributed by atoms with E-state index in [-0.39, 0.29) is 24.3 Å². The number of carbonyl (C=O) groups is 2. The molecule has 2 amide bonds. The second-order valence-corrected chi connectivity index (χ2v) is 8.35. The molecule has 7 nitrogen and oxygen atoms in total. The molecule has 1 N–H and O–H groups in total. The minimum absolute atomic E-state index is 0.0307. The van der Waals surface area contributed by atoms with Gasteiger partial charge < -0.3 is 15.0 Å². The maximum absolute atomic E-state index is 13.4. The van der Waals surface area contributed by atoms with Gasteiger partial charge in [-0.25, -0.2) is 0 Å². The molecule has 0 aliphatic carbocycles. The molecule has 1 unspecified atom stereocenters. The maximum atomic E-state index is 13.4. The molecule has 1 fully saturated rings. The van der Waals surface area contributed by atoms with Crippen LogP contribution in [0.5, 0.6) is 0 Å². The van der Waals surface area contributed by atoms with Gasteiger partial charge in [-0.05, 0) is 36.6 Å². The van der Waals surface area contributed by atoms with Crippen molar-refractivity contribution in [1.82, 2.24) is 20.1 Å². The van der Waals surface area contributed by atoms with Crippen molar-refractivity contribution in [2.24, 2.45) is 0 Å². The number of benzene rings is 1. The number of morpholine rings is 1. The fourth-order valence-electron chi connectivity index (χ4n) is 3.91. The molecule has 1 saturated heterocycles. The van der Waals surface area contributed by atoms with Gasteiger partial charge in [-0.1, -0.05) is 29.8 Å². The van der Waals surface area contributed by atoms with Crippen LogP contribution in [0.3, 0.4) is 0 Å². The summed E-state index contributed by atoms with van der Waals surface area (Å²) < 4.78 is 5.42. The maximum Gasteiger partial charge on any atom is 0.225 e. The van der Waals surface area contributed by atoms with Gasteiger partial charge in [-0.15, -0.1) is 0 Å². The number of aryl methyl sites for hydroxylation is 1. The van der Waals surface area contributed by atoms with E-state index in [2.05, 4.69) is 15.2 Å². The van der Waals surface area contributed by atoms with Crippen LogP contribution >= 0.6 is 0 Å². The van der Waals surface area contributed by atoms with Crippen molar-refractivity contribution in [3.63, 3.8) is 0 Å². The first-order chi connectivity index (χ1) is 15.5. The summed E-state index contributed by atoms with van der Waals surface area (Å²) >= 11 is 0. The minimum Gasteiger partial charge on any atom is -0.379 e. The van der Waals surface area contributed by atoms with E-state index in [1.54, 1.807) is 12.4 Å². The van der Waals surface area contributed by atoms with Crippen LogP contribution in [0.1, 0.15) is 42.5 Å². The fraction of sp³-hybridized carbons (Fsp3) is 0.480. The highest BCUT2D eigenvalue weighted by Crippen LogP contribution is 2.20. The van der Waals surface area contributed by atoms with Gasteiger partial charge in [-0.2, -0.15) is 0 Å². The lowest BCUT2D eigenvalue weighted by Gasteiger charge is -2.29. The number of nitrogens with one attached hydrogen (secondary N) is 1. The highest BCUT2D eigenvalue weighted by atomic mass is 16.5. The van der Waals surface area contributed by atoms with E-state index in [0.29, 0.717) is 13.1 Å². The van der Waals surface area contributed by atoms with Gasteiger partial charge in [0.25, 0.3) is 0 Å². The van der Waals surface area contributed by atoms with Crippen molar-refractivity contribution < 1.29 is 14.3 Å². The van der Waals surface area contributed by atoms with Gasteiger partial charge in [0.2, 0.25) is 11.8 Å². The van der Waals surface area contributed by atoms with E-state index in [0.717, 1.165) is 56.0 Å². The van der Waals surface area contributed by atoms with Crippen LogP contribution in [-0.4, -0.2) is 66.0 Å². The van der Waals surface area contributed by atoms with Gasteiger partial charge in [0.15, 0.2) is 0 Å². The average molecular weight is 439 g/mol. The monoisotopic (exact) mass is 438 g/mol. The zero-order valence-corrected chi connectivity index (χ0v) is 19.1. The second-order valence-electron chi connectivity index (χ2n) is 8.35. The molecule has 0 bridgehead atoms. The molecule has 0 spiro atoms. The van der Waals surface area contributed by atoms with Crippen LogP contribution in [0.2, 0.25) is 0 Å². The minimum atomic E-state index is -0.347. The third kappa shape index (κ3) is 7.73. The predicted octanol–water partition coefficient (Wildman–Crippen LogP) is 2.71. The lowest BCUT2D eigenvalue weighted by molar-refractivity contribution is -0.132. The molecule has 1 aromatic carbocycles. The van der Waals surface area contributed by atoms with E-state index in [1.807, 2.05) is 48.2 Å². The fourth-order valence-corrected chi connectivity index (χ4v) is 3.91. The standard InChI is InChI=1S/C25H34N4O3/c1-20-4-6-23(7-5-20)24(27-21(2)30)18-25(31)29(19-22-8-10-26-11-9-22)13-3-12-28-14-16-32-17-15-28/h4-11,24H,3,12-19H2,1-2H3,(H,27,30). The molecule has 7 heteroatoms. The van der Waals surface area contributed by atoms with E-state index in [4.69, 9.17) is 4.74 Å². The molecule has 32 heavy (non-hydrogen) atoms. The zero-order chi connectivity index (χ0) is 22.8. The molecular weight excluding hydrogens is 404 g/mol. The zero-order valence-electron chi connectivity index (χ0n) is 19.1. The first-order valence-electron chi connectivity index (χ1n) is 11.3. The molecule has 0 radical (unpaired) electrons. The van der Waals surface area contributed by atoms with Crippen molar-refractivity contribution >= 4 is 11.8 Å². The Hall–Kier alpha value is -2.77. The Morgan fingerprint density at radius 2 is 1.81 bits per heavy atom. The molecular formula is C25H34N4O3. The lowest BCUT2D eigenvalue weighted by Crippen LogP contribution is -2.40. The number of hydrogen-bond donors (Lipinski definition) is 1. The van der Waals surface area contributed by atoms with E-state index >= 15 is 0 Å². The molecule has 0 saturated carbocycles. The molecule has 3 rings (SSSR count). The Bertz CT molecular complexity index is 851. The number of pyridine rings is 1. The van der Waals surface area contributed by atoms with Crippen molar-refractivity contribution in [2.75, 3.05) is 39.4 Å². The number of aromatic nitrogens is 1. The number of carbonyl (C=O) groups excluding carboxylic acids is 2. The van der Waals surface area contributed by atoms with E-state index in [9.17, 15) is 9.59 Å². The van der Waals surface area contributed by atoms with Crippen molar-refractivity contribution in [3.8, 4) is 0 Å². The molecule has 1 aliphatic heterocycles. The summed E-state index contributed by atoms with van der Waals surface area (Å²) in [5, 5.41) is 2.95. The Balaban J connectivity index is 1.68. The normalized spacial score (nSPS) is 15.2. The van der Waals surface area contributed by atoms with Crippen LogP contribution in [0.25, 0.3) is 0 Å². The second kappa shape index (κ2) is 12.3. The third-order valence-electron chi connectivity index (χ3n) is 5.72. The van der Waals surface area contributed by atoms with Crippen LogP contribution in [-0.2, 0) is 20.9 Å². The van der Waals surface area contributed by atoms with Crippen molar-refractivity contribution in [1.29, 1.82) is 0 Å². The largest absolute Gasteiger partial charge is 0.379 e. The molecule has 172 valence electrons. The van der Waals surface area contributed by atoms with Gasteiger partial charge >= 0.3 is 0 Å². The predicted molar refractivity (Wildman–Crippen MR) is 124 cm³/mol. The van der Waals surface area contributed by atoms with Crippen molar-refractivity contribution in [2.45, 2.75) is 39.3 Å². The number of hydrogen-bond acceptors (Lipinski definition) is 5. The van der Waals surface area contributed by atoms with Crippen LogP contribution < -0.4 is 5.32 Å². The summed E-state index contributed by atoms with van der Waals surface area (Å²) in [4.78, 5) is 33.6. The lowest BCUT2D eigenvalue weighted by atomic mass is 10.0. The SMILES string of the molecule is CC(=O)NC(CC(=O)N(CCCN1CCOCC1)Cc1ccncc1)c1ccc(C)cc1. The van der Waals surface area contributed by atoms with Gasteiger partial charge in [0, 0.05) is 52.0 Å². The smallest absolute Gasteiger partial charge is 0.225 e. The summed E-state index contributed by atoms with van der Waals surface area (Å²) in [6.45, 7) is 9.08. The topological polar surface area (TPSA) is 74.8 Å². The molecule has 1 aromatic heterocycles. The van der Waals surface area contributed by atoms with Crippen molar-refractivity contribution in [3.05, 3.63) is 65.5 Å². The summed E-state index contributed by atoms with van der Waals surface area (Å²) in [7, 11) is 0. The third-order valence-corrected chi connectivity index (χ3v) is 5.72. The number of amides is 2. The first-order valence-corrected chi connectivity index (χ1v) is 11.3. The van der Waals surface area contributed by atoms with Gasteiger partial charge in [-0.3, -0.25) is 19.5 Å². The Labute approximate surface area is 190 Å². The summed E-state index contributed by atoms with van der Waals surface area (Å²) in [6, 6.07) is 11.5. The number of ether oxygens (including phenoxy) is 1. The summed E-state index contributed by atoms with van der Waals surface area (Å²) in [5.41, 5.74) is 3.13. The van der Waals surface area contributed by atoms with Crippen LogP contribution in [0, 0.1) is 6.92 Å². The molecule has 2 heterocycles. The summed E-state index contributed by atoms with van der Waals surface area (Å²) in [6.07, 6.45) is 4.62. The van der Waals surface area contributed by atoms with Gasteiger partial charge in [0.05, 0.1) is 25.7 Å². The van der Waals surface area contributed by atoms with E-state index < -0.39 is 0 Å². The van der Waals surface area contributed by atoms with Crippen LogP contribution in [0.4, 0.5) is 0 Å². The Morgan fingerprint density at radius 1 is 1.12 bits per heavy atom. The Kier molecular flexibility index (Phi) is 9.19. The molecule has 1 atom stereocenters. The van der Waals surface area contributed by atoms with Crippen LogP contribution in [0.15, 0.2) is 48.8 Å². The highest BCUT2D eigenvalue weighted by molar-refractivity contribution is 5.79. The van der Waals surface area contributed by atoms with Gasteiger partial charge in [0.1, 0.15) is 0 Å². The highest BCUT2D eigenvalue weighted by Gasteiger charge is 2.22. The quantitative estimate of drug-likeness (QED) is 0.617. The average Bonchev–Trinajstić information content (AvgIpc) is 2.79.